The van der Waals surface area contributed by atoms with Gasteiger partial charge < -0.3 is 14.8 Å². The second-order valence-corrected chi connectivity index (χ2v) is 7.25. The minimum Gasteiger partial charge on any atom is -0.493 e. The van der Waals surface area contributed by atoms with Gasteiger partial charge in [-0.15, -0.1) is 0 Å². The van der Waals surface area contributed by atoms with Crippen molar-refractivity contribution < 1.29 is 19.2 Å². The molecule has 1 fully saturated rings. The first-order valence-corrected chi connectivity index (χ1v) is 9.83. The number of nitro benzene ring substituents is 1. The quantitative estimate of drug-likeness (QED) is 0.530. The van der Waals surface area contributed by atoms with E-state index in [1.165, 1.54) is 24.8 Å². The number of carbonyl (C=O) groups excluding carboxylic acids is 1. The molecule has 0 aliphatic heterocycles. The molecule has 7 nitrogen and oxygen atoms in total. The number of amides is 1. The van der Waals surface area contributed by atoms with Crippen LogP contribution in [0.1, 0.15) is 48.5 Å². The number of hydrogen-bond acceptors (Lipinski definition) is 5. The van der Waals surface area contributed by atoms with Crippen molar-refractivity contribution in [3.63, 3.8) is 0 Å². The second-order valence-electron chi connectivity index (χ2n) is 7.25. The van der Waals surface area contributed by atoms with E-state index in [2.05, 4.69) is 17.4 Å². The van der Waals surface area contributed by atoms with Crippen LogP contribution in [0.5, 0.6) is 11.5 Å². The van der Waals surface area contributed by atoms with Crippen molar-refractivity contribution in [1.29, 1.82) is 0 Å². The lowest BCUT2D eigenvalue weighted by molar-refractivity contribution is -0.385. The lowest BCUT2D eigenvalue weighted by atomic mass is 9.79. The highest BCUT2D eigenvalue weighted by atomic mass is 16.6. The van der Waals surface area contributed by atoms with Crippen LogP contribution in [0.2, 0.25) is 0 Å². The third-order valence-corrected chi connectivity index (χ3v) is 5.56. The molecule has 154 valence electrons. The summed E-state index contributed by atoms with van der Waals surface area (Å²) in [6.45, 7) is 2.58. The van der Waals surface area contributed by atoms with Gasteiger partial charge in [-0.1, -0.05) is 43.2 Å². The maximum absolute atomic E-state index is 12.9. The van der Waals surface area contributed by atoms with Crippen molar-refractivity contribution in [2.45, 2.75) is 38.0 Å². The number of nitrogens with zero attached hydrogens (tertiary/aromatic N) is 1. The molecule has 29 heavy (non-hydrogen) atoms. The lowest BCUT2D eigenvalue weighted by Crippen LogP contribution is -2.39. The first kappa shape index (κ1) is 20.6. The van der Waals surface area contributed by atoms with Crippen LogP contribution in [0.25, 0.3) is 0 Å². The SMILES string of the molecule is CCOc1cc(C(=O)NCC2(c3ccccc3)CCCC2)c([N+](=O)[O-])cc1OC. The van der Waals surface area contributed by atoms with Gasteiger partial charge in [0.15, 0.2) is 11.5 Å². The van der Waals surface area contributed by atoms with Crippen LogP contribution < -0.4 is 14.8 Å². The standard InChI is InChI=1S/C22H26N2O5/c1-3-29-20-13-17(18(24(26)27)14-19(20)28-2)21(25)23-15-22(11-7-8-12-22)16-9-5-4-6-10-16/h4-6,9-10,13-14H,3,7-8,11-12,15H2,1-2H3,(H,23,25). The van der Waals surface area contributed by atoms with E-state index >= 15 is 0 Å². The Morgan fingerprint density at radius 1 is 1.17 bits per heavy atom. The van der Waals surface area contributed by atoms with Crippen molar-refractivity contribution in [1.82, 2.24) is 5.32 Å². The van der Waals surface area contributed by atoms with Gasteiger partial charge in [0.2, 0.25) is 0 Å². The summed E-state index contributed by atoms with van der Waals surface area (Å²) in [7, 11) is 1.41. The van der Waals surface area contributed by atoms with Crippen LogP contribution >= 0.6 is 0 Å². The van der Waals surface area contributed by atoms with E-state index in [1.807, 2.05) is 18.2 Å². The number of hydrogen-bond donors (Lipinski definition) is 1. The molecule has 7 heteroatoms. The number of nitro groups is 1. The van der Waals surface area contributed by atoms with Crippen molar-refractivity contribution >= 4 is 11.6 Å². The van der Waals surface area contributed by atoms with Gasteiger partial charge in [0.25, 0.3) is 11.6 Å². The fraction of sp³-hybridized carbons (Fsp3) is 0.409. The van der Waals surface area contributed by atoms with Crippen LogP contribution in [0.4, 0.5) is 5.69 Å². The van der Waals surface area contributed by atoms with Gasteiger partial charge in [0, 0.05) is 18.0 Å². The van der Waals surface area contributed by atoms with Gasteiger partial charge in [-0.3, -0.25) is 14.9 Å². The van der Waals surface area contributed by atoms with E-state index in [4.69, 9.17) is 9.47 Å². The molecule has 1 amide bonds. The third-order valence-electron chi connectivity index (χ3n) is 5.56. The summed E-state index contributed by atoms with van der Waals surface area (Å²) < 4.78 is 10.7. The molecule has 0 aromatic heterocycles. The van der Waals surface area contributed by atoms with Gasteiger partial charge in [-0.25, -0.2) is 0 Å². The Labute approximate surface area is 170 Å². The maximum atomic E-state index is 12.9. The molecule has 1 N–H and O–H groups in total. The molecule has 0 bridgehead atoms. The van der Waals surface area contributed by atoms with Crippen LogP contribution in [0.15, 0.2) is 42.5 Å². The summed E-state index contributed by atoms with van der Waals surface area (Å²) in [5.74, 6) is 0.0542. The molecule has 2 aromatic rings. The zero-order valence-corrected chi connectivity index (χ0v) is 16.8. The molecule has 0 radical (unpaired) electrons. The number of methoxy groups -OCH3 is 1. The van der Waals surface area contributed by atoms with Crippen LogP contribution in [-0.2, 0) is 5.41 Å². The summed E-state index contributed by atoms with van der Waals surface area (Å²) in [5.41, 5.74) is 0.724. The van der Waals surface area contributed by atoms with Gasteiger partial charge in [-0.05, 0) is 25.3 Å². The summed E-state index contributed by atoms with van der Waals surface area (Å²) >= 11 is 0. The van der Waals surface area contributed by atoms with Crippen molar-refractivity contribution in [3.05, 3.63) is 63.7 Å². The molecular formula is C22H26N2O5. The molecule has 1 aliphatic rings. The molecule has 0 spiro atoms. The summed E-state index contributed by atoms with van der Waals surface area (Å²) in [6, 6.07) is 12.8. The molecule has 0 atom stereocenters. The highest BCUT2D eigenvalue weighted by Crippen LogP contribution is 2.41. The van der Waals surface area contributed by atoms with Crippen molar-refractivity contribution in [2.75, 3.05) is 20.3 Å². The Bertz CT molecular complexity index is 876. The Morgan fingerprint density at radius 3 is 2.45 bits per heavy atom. The Morgan fingerprint density at radius 2 is 1.86 bits per heavy atom. The molecule has 0 heterocycles. The van der Waals surface area contributed by atoms with Crippen LogP contribution in [0.3, 0.4) is 0 Å². The molecule has 2 aromatic carbocycles. The Balaban J connectivity index is 1.88. The smallest absolute Gasteiger partial charge is 0.286 e. The van der Waals surface area contributed by atoms with E-state index in [0.29, 0.717) is 18.9 Å². The first-order valence-electron chi connectivity index (χ1n) is 9.83. The van der Waals surface area contributed by atoms with Gasteiger partial charge in [-0.2, -0.15) is 0 Å². The summed E-state index contributed by atoms with van der Waals surface area (Å²) in [4.78, 5) is 23.9. The number of carbonyl (C=O) groups is 1. The predicted octanol–water partition coefficient (Wildman–Crippen LogP) is 4.24. The molecule has 1 saturated carbocycles. The van der Waals surface area contributed by atoms with E-state index < -0.39 is 10.8 Å². The van der Waals surface area contributed by atoms with Crippen LogP contribution in [0, 0.1) is 10.1 Å². The average Bonchev–Trinajstić information content (AvgIpc) is 3.22. The monoisotopic (exact) mass is 398 g/mol. The fourth-order valence-corrected chi connectivity index (χ4v) is 4.07. The first-order chi connectivity index (χ1) is 14.0. The largest absolute Gasteiger partial charge is 0.493 e. The highest BCUT2D eigenvalue weighted by molar-refractivity contribution is 5.99. The zero-order valence-electron chi connectivity index (χ0n) is 16.8. The summed E-state index contributed by atoms with van der Waals surface area (Å²) in [5, 5.41) is 14.5. The predicted molar refractivity (Wildman–Crippen MR) is 110 cm³/mol. The Kier molecular flexibility index (Phi) is 6.36. The van der Waals surface area contributed by atoms with Crippen molar-refractivity contribution in [3.8, 4) is 11.5 Å². The second kappa shape index (κ2) is 8.94. The lowest BCUT2D eigenvalue weighted by Gasteiger charge is -2.30. The Hall–Kier alpha value is -3.09. The minimum absolute atomic E-state index is 0.0274. The van der Waals surface area contributed by atoms with Gasteiger partial charge >= 0.3 is 0 Å². The summed E-state index contributed by atoms with van der Waals surface area (Å²) in [6.07, 6.45) is 4.16. The van der Waals surface area contributed by atoms with E-state index in [-0.39, 0.29) is 22.4 Å². The molecule has 3 rings (SSSR count). The zero-order chi connectivity index (χ0) is 20.9. The molecule has 0 saturated heterocycles. The number of ether oxygens (including phenoxy) is 2. The number of rotatable bonds is 8. The fourth-order valence-electron chi connectivity index (χ4n) is 4.07. The molecular weight excluding hydrogens is 372 g/mol. The van der Waals surface area contributed by atoms with Crippen LogP contribution in [-0.4, -0.2) is 31.1 Å². The average molecular weight is 398 g/mol. The van der Waals surface area contributed by atoms with Crippen molar-refractivity contribution in [2.24, 2.45) is 0 Å². The highest BCUT2D eigenvalue weighted by Gasteiger charge is 2.36. The third kappa shape index (κ3) is 4.34. The van der Waals surface area contributed by atoms with E-state index in [0.717, 1.165) is 25.7 Å². The molecule has 0 unspecified atom stereocenters. The topological polar surface area (TPSA) is 90.7 Å². The number of nitrogens with one attached hydrogen (secondary N) is 1. The maximum Gasteiger partial charge on any atom is 0.286 e. The number of benzene rings is 2. The van der Waals surface area contributed by atoms with E-state index in [9.17, 15) is 14.9 Å². The minimum atomic E-state index is -0.574. The van der Waals surface area contributed by atoms with E-state index in [1.54, 1.807) is 6.92 Å². The van der Waals surface area contributed by atoms with Gasteiger partial charge in [0.1, 0.15) is 5.56 Å². The normalized spacial score (nSPS) is 15.0. The molecule has 1 aliphatic carbocycles. The van der Waals surface area contributed by atoms with Gasteiger partial charge in [0.05, 0.1) is 24.7 Å².